The normalized spacial score (nSPS) is 18.5. The molecule has 3 aromatic rings. The van der Waals surface area contributed by atoms with Crippen LogP contribution in [0.5, 0.6) is 0 Å². The molecule has 0 spiro atoms. The van der Waals surface area contributed by atoms with E-state index in [1.807, 2.05) is 42.5 Å². The van der Waals surface area contributed by atoms with E-state index < -0.39 is 0 Å². The molecule has 2 aromatic carbocycles. The fraction of sp³-hybridized carbons (Fsp3) is 0.318. The van der Waals surface area contributed by atoms with Crippen molar-refractivity contribution in [3.05, 3.63) is 83.3 Å². The zero-order valence-electron chi connectivity index (χ0n) is 15.7. The Hall–Kier alpha value is -3.02. The Morgan fingerprint density at radius 2 is 1.82 bits per heavy atom. The van der Waals surface area contributed by atoms with Gasteiger partial charge >= 0.3 is 0 Å². The molecule has 1 heterocycles. The standard InChI is InChI=1S/C22H22FN3O2/c1-26(14-15-5-3-2-4-6-15)21(27)13-20-24-22(28-25-20)19-12-11-18(19)16-7-9-17(23)10-8-16/h2-10,18-19H,11-14H2,1H3. The lowest BCUT2D eigenvalue weighted by Crippen LogP contribution is -2.28. The molecule has 1 fully saturated rings. The molecule has 1 saturated carbocycles. The number of likely N-dealkylation sites (N-methyl/N-ethyl adjacent to an activating group) is 1. The average Bonchev–Trinajstić information content (AvgIpc) is 3.11. The van der Waals surface area contributed by atoms with Crippen molar-refractivity contribution in [3.8, 4) is 0 Å². The van der Waals surface area contributed by atoms with Gasteiger partial charge in [0.2, 0.25) is 11.8 Å². The molecule has 6 heteroatoms. The molecule has 0 radical (unpaired) electrons. The monoisotopic (exact) mass is 379 g/mol. The highest BCUT2D eigenvalue weighted by Crippen LogP contribution is 2.48. The largest absolute Gasteiger partial charge is 0.341 e. The fourth-order valence-electron chi connectivity index (χ4n) is 3.61. The van der Waals surface area contributed by atoms with Crippen LogP contribution in [0, 0.1) is 5.82 Å². The molecule has 0 bridgehead atoms. The summed E-state index contributed by atoms with van der Waals surface area (Å²) in [4.78, 5) is 18.6. The summed E-state index contributed by atoms with van der Waals surface area (Å²) in [5, 5.41) is 4.00. The number of hydrogen-bond donors (Lipinski definition) is 0. The maximum atomic E-state index is 13.1. The van der Waals surface area contributed by atoms with Crippen LogP contribution in [0.2, 0.25) is 0 Å². The minimum absolute atomic E-state index is 0.0557. The van der Waals surface area contributed by atoms with Crippen LogP contribution in [-0.2, 0) is 17.8 Å². The third-order valence-corrected chi connectivity index (χ3v) is 5.37. The number of rotatable bonds is 6. The molecular weight excluding hydrogens is 357 g/mol. The topological polar surface area (TPSA) is 59.2 Å². The third kappa shape index (κ3) is 3.96. The summed E-state index contributed by atoms with van der Waals surface area (Å²) in [5.74, 6) is 1.06. The SMILES string of the molecule is CN(Cc1ccccc1)C(=O)Cc1noc(C2CCC2c2ccc(F)cc2)n1. The van der Waals surface area contributed by atoms with Crippen molar-refractivity contribution in [2.45, 2.75) is 37.6 Å². The highest BCUT2D eigenvalue weighted by Gasteiger charge is 2.37. The van der Waals surface area contributed by atoms with Crippen LogP contribution in [0.15, 0.2) is 59.1 Å². The first-order valence-electron chi connectivity index (χ1n) is 9.46. The van der Waals surface area contributed by atoms with Gasteiger partial charge in [0.25, 0.3) is 0 Å². The Morgan fingerprint density at radius 1 is 1.11 bits per heavy atom. The highest BCUT2D eigenvalue weighted by molar-refractivity contribution is 5.77. The molecule has 4 rings (SSSR count). The summed E-state index contributed by atoms with van der Waals surface area (Å²) in [6, 6.07) is 16.4. The van der Waals surface area contributed by atoms with Crippen LogP contribution in [0.3, 0.4) is 0 Å². The number of hydrogen-bond acceptors (Lipinski definition) is 4. The second-order valence-corrected chi connectivity index (χ2v) is 7.30. The van der Waals surface area contributed by atoms with Gasteiger partial charge in [0.15, 0.2) is 5.82 Å². The minimum atomic E-state index is -0.238. The maximum absolute atomic E-state index is 13.1. The van der Waals surface area contributed by atoms with E-state index in [1.165, 1.54) is 12.1 Å². The molecule has 1 aromatic heterocycles. The number of aromatic nitrogens is 2. The van der Waals surface area contributed by atoms with Crippen molar-refractivity contribution in [1.82, 2.24) is 15.0 Å². The van der Waals surface area contributed by atoms with Gasteiger partial charge in [-0.25, -0.2) is 4.39 Å². The predicted molar refractivity (Wildman–Crippen MR) is 102 cm³/mol. The minimum Gasteiger partial charge on any atom is -0.341 e. The van der Waals surface area contributed by atoms with Gasteiger partial charge < -0.3 is 9.42 Å². The van der Waals surface area contributed by atoms with Crippen LogP contribution in [0.25, 0.3) is 0 Å². The van der Waals surface area contributed by atoms with Gasteiger partial charge in [-0.3, -0.25) is 4.79 Å². The van der Waals surface area contributed by atoms with Gasteiger partial charge in [0, 0.05) is 19.5 Å². The number of carbonyl (C=O) groups is 1. The second kappa shape index (κ2) is 7.92. The van der Waals surface area contributed by atoms with Gasteiger partial charge in [-0.1, -0.05) is 47.6 Å². The van der Waals surface area contributed by atoms with Crippen molar-refractivity contribution in [3.63, 3.8) is 0 Å². The van der Waals surface area contributed by atoms with Gasteiger partial charge in [0.05, 0.1) is 6.42 Å². The van der Waals surface area contributed by atoms with Crippen molar-refractivity contribution in [2.24, 2.45) is 0 Å². The van der Waals surface area contributed by atoms with Crippen molar-refractivity contribution >= 4 is 5.91 Å². The van der Waals surface area contributed by atoms with E-state index in [4.69, 9.17) is 4.52 Å². The molecule has 2 unspecified atom stereocenters. The summed E-state index contributed by atoms with van der Waals surface area (Å²) in [6.07, 6.45) is 2.07. The molecule has 0 aliphatic heterocycles. The molecule has 28 heavy (non-hydrogen) atoms. The zero-order valence-corrected chi connectivity index (χ0v) is 15.7. The number of benzene rings is 2. The lowest BCUT2D eigenvalue weighted by molar-refractivity contribution is -0.129. The van der Waals surface area contributed by atoms with Crippen molar-refractivity contribution in [2.75, 3.05) is 7.05 Å². The fourth-order valence-corrected chi connectivity index (χ4v) is 3.61. The van der Waals surface area contributed by atoms with Crippen LogP contribution in [0.4, 0.5) is 4.39 Å². The summed E-state index contributed by atoms with van der Waals surface area (Å²) >= 11 is 0. The molecule has 1 aliphatic carbocycles. The quantitative estimate of drug-likeness (QED) is 0.648. The number of amides is 1. The average molecular weight is 379 g/mol. The van der Waals surface area contributed by atoms with E-state index in [-0.39, 0.29) is 30.0 Å². The highest BCUT2D eigenvalue weighted by atomic mass is 19.1. The molecule has 0 saturated heterocycles. The van der Waals surface area contributed by atoms with Crippen molar-refractivity contribution < 1.29 is 13.7 Å². The second-order valence-electron chi connectivity index (χ2n) is 7.30. The smallest absolute Gasteiger partial charge is 0.230 e. The van der Waals surface area contributed by atoms with Crippen LogP contribution < -0.4 is 0 Å². The van der Waals surface area contributed by atoms with E-state index in [2.05, 4.69) is 10.1 Å². The Bertz CT molecular complexity index is 940. The van der Waals surface area contributed by atoms with Gasteiger partial charge in [0.1, 0.15) is 5.82 Å². The first-order valence-corrected chi connectivity index (χ1v) is 9.46. The van der Waals surface area contributed by atoms with Gasteiger partial charge in [-0.15, -0.1) is 0 Å². The number of halogens is 1. The van der Waals surface area contributed by atoms with E-state index >= 15 is 0 Å². The van der Waals surface area contributed by atoms with E-state index in [9.17, 15) is 9.18 Å². The lowest BCUT2D eigenvalue weighted by atomic mass is 9.70. The van der Waals surface area contributed by atoms with E-state index in [0.717, 1.165) is 24.0 Å². The molecule has 5 nitrogen and oxygen atoms in total. The number of carbonyl (C=O) groups excluding carboxylic acids is 1. The van der Waals surface area contributed by atoms with E-state index in [0.29, 0.717) is 18.3 Å². The summed E-state index contributed by atoms with van der Waals surface area (Å²) in [6.45, 7) is 0.541. The van der Waals surface area contributed by atoms with Crippen LogP contribution in [0.1, 0.15) is 47.5 Å². The Morgan fingerprint density at radius 3 is 2.50 bits per heavy atom. The first kappa shape index (κ1) is 18.3. The van der Waals surface area contributed by atoms with Crippen molar-refractivity contribution in [1.29, 1.82) is 0 Å². The van der Waals surface area contributed by atoms with E-state index in [1.54, 1.807) is 11.9 Å². The number of nitrogens with zero attached hydrogens (tertiary/aromatic N) is 3. The maximum Gasteiger partial charge on any atom is 0.230 e. The molecular formula is C22H22FN3O2. The summed E-state index contributed by atoms with van der Waals surface area (Å²) in [5.41, 5.74) is 2.15. The van der Waals surface area contributed by atoms with Gasteiger partial charge in [-0.2, -0.15) is 4.98 Å². The molecule has 1 aliphatic rings. The molecule has 1 amide bonds. The van der Waals surface area contributed by atoms with Crippen LogP contribution >= 0.6 is 0 Å². The molecule has 0 N–H and O–H groups in total. The Kier molecular flexibility index (Phi) is 5.19. The lowest BCUT2D eigenvalue weighted by Gasteiger charge is -2.34. The molecule has 2 atom stereocenters. The zero-order chi connectivity index (χ0) is 19.5. The van der Waals surface area contributed by atoms with Gasteiger partial charge in [-0.05, 0) is 42.0 Å². The Balaban J connectivity index is 1.37. The predicted octanol–water partition coefficient (Wildman–Crippen LogP) is 4.07. The summed E-state index contributed by atoms with van der Waals surface area (Å²) in [7, 11) is 1.77. The summed E-state index contributed by atoms with van der Waals surface area (Å²) < 4.78 is 18.6. The molecule has 144 valence electrons. The van der Waals surface area contributed by atoms with Crippen LogP contribution in [-0.4, -0.2) is 28.0 Å². The third-order valence-electron chi connectivity index (χ3n) is 5.37. The Labute approximate surface area is 163 Å². The first-order chi connectivity index (χ1) is 13.6.